The van der Waals surface area contributed by atoms with E-state index < -0.39 is 0 Å². The standard InChI is InChI=1S/C19H17FN4O2/c1-12-11-16(18(25)23-15-5-3-4-6-17(15)26-2)24-19(21-12)22-14-9-7-13(20)8-10-14/h3-11H,1-2H3,(H,23,25)(H,21,22,24). The van der Waals surface area contributed by atoms with Crippen molar-refractivity contribution in [3.8, 4) is 5.75 Å². The van der Waals surface area contributed by atoms with Crippen LogP contribution in [0.3, 0.4) is 0 Å². The van der Waals surface area contributed by atoms with Crippen LogP contribution in [0, 0.1) is 12.7 Å². The van der Waals surface area contributed by atoms with Gasteiger partial charge < -0.3 is 15.4 Å². The summed E-state index contributed by atoms with van der Waals surface area (Å²) >= 11 is 0. The van der Waals surface area contributed by atoms with Crippen molar-refractivity contribution in [1.29, 1.82) is 0 Å². The van der Waals surface area contributed by atoms with Crippen molar-refractivity contribution >= 4 is 23.2 Å². The van der Waals surface area contributed by atoms with Crippen LogP contribution in [-0.4, -0.2) is 23.0 Å². The molecule has 0 bridgehead atoms. The van der Waals surface area contributed by atoms with E-state index >= 15 is 0 Å². The molecule has 6 nitrogen and oxygen atoms in total. The number of para-hydroxylation sites is 2. The van der Waals surface area contributed by atoms with E-state index in [1.54, 1.807) is 43.3 Å². The number of benzene rings is 2. The van der Waals surface area contributed by atoms with Crippen molar-refractivity contribution in [3.63, 3.8) is 0 Å². The molecule has 0 atom stereocenters. The van der Waals surface area contributed by atoms with Crippen molar-refractivity contribution in [2.75, 3.05) is 17.7 Å². The highest BCUT2D eigenvalue weighted by molar-refractivity contribution is 6.03. The van der Waals surface area contributed by atoms with Gasteiger partial charge in [0.05, 0.1) is 12.8 Å². The highest BCUT2D eigenvalue weighted by atomic mass is 19.1. The lowest BCUT2D eigenvalue weighted by atomic mass is 10.2. The molecule has 2 N–H and O–H groups in total. The van der Waals surface area contributed by atoms with Crippen LogP contribution in [0.15, 0.2) is 54.6 Å². The summed E-state index contributed by atoms with van der Waals surface area (Å²) in [6.07, 6.45) is 0. The number of carbonyl (C=O) groups is 1. The number of hydrogen-bond acceptors (Lipinski definition) is 5. The molecule has 3 rings (SSSR count). The second kappa shape index (κ2) is 7.60. The summed E-state index contributed by atoms with van der Waals surface area (Å²) in [5.74, 6) is 0.0813. The third-order valence-electron chi connectivity index (χ3n) is 3.54. The Kier molecular flexibility index (Phi) is 5.07. The maximum absolute atomic E-state index is 13.0. The number of carbonyl (C=O) groups excluding carboxylic acids is 1. The van der Waals surface area contributed by atoms with E-state index in [-0.39, 0.29) is 23.4 Å². The molecule has 0 fully saturated rings. The van der Waals surface area contributed by atoms with Gasteiger partial charge in [0.25, 0.3) is 5.91 Å². The van der Waals surface area contributed by atoms with Gasteiger partial charge in [0.1, 0.15) is 17.3 Å². The molecule has 0 saturated carbocycles. The lowest BCUT2D eigenvalue weighted by Gasteiger charge is -2.11. The number of nitrogens with one attached hydrogen (secondary N) is 2. The molecular formula is C19H17FN4O2. The minimum Gasteiger partial charge on any atom is -0.495 e. The SMILES string of the molecule is COc1ccccc1NC(=O)c1cc(C)nc(Nc2ccc(F)cc2)n1. The number of aryl methyl sites for hydroxylation is 1. The smallest absolute Gasteiger partial charge is 0.274 e. The number of rotatable bonds is 5. The van der Waals surface area contributed by atoms with Crippen LogP contribution in [0.1, 0.15) is 16.2 Å². The summed E-state index contributed by atoms with van der Waals surface area (Å²) < 4.78 is 18.2. The van der Waals surface area contributed by atoms with Crippen LogP contribution in [0.5, 0.6) is 5.75 Å². The monoisotopic (exact) mass is 352 g/mol. The fourth-order valence-electron chi connectivity index (χ4n) is 2.34. The van der Waals surface area contributed by atoms with E-state index in [2.05, 4.69) is 20.6 Å². The Morgan fingerprint density at radius 3 is 2.54 bits per heavy atom. The Bertz CT molecular complexity index is 929. The summed E-state index contributed by atoms with van der Waals surface area (Å²) in [6.45, 7) is 1.76. The summed E-state index contributed by atoms with van der Waals surface area (Å²) in [5, 5.41) is 5.73. The number of aromatic nitrogens is 2. The fourth-order valence-corrected chi connectivity index (χ4v) is 2.34. The molecule has 0 spiro atoms. The van der Waals surface area contributed by atoms with E-state index in [9.17, 15) is 9.18 Å². The lowest BCUT2D eigenvalue weighted by Crippen LogP contribution is -2.16. The van der Waals surface area contributed by atoms with E-state index in [4.69, 9.17) is 4.74 Å². The topological polar surface area (TPSA) is 76.1 Å². The predicted molar refractivity (Wildman–Crippen MR) is 97.4 cm³/mol. The number of hydrogen-bond donors (Lipinski definition) is 2. The summed E-state index contributed by atoms with van der Waals surface area (Å²) in [7, 11) is 1.53. The number of methoxy groups -OCH3 is 1. The Hall–Kier alpha value is -3.48. The highest BCUT2D eigenvalue weighted by Crippen LogP contribution is 2.23. The Morgan fingerprint density at radius 1 is 1.08 bits per heavy atom. The van der Waals surface area contributed by atoms with Crippen molar-refractivity contribution in [1.82, 2.24) is 9.97 Å². The first-order valence-electron chi connectivity index (χ1n) is 7.88. The molecule has 0 unspecified atom stereocenters. The molecule has 2 aromatic carbocycles. The molecule has 1 amide bonds. The molecular weight excluding hydrogens is 335 g/mol. The van der Waals surface area contributed by atoms with E-state index in [0.29, 0.717) is 22.8 Å². The van der Waals surface area contributed by atoms with Crippen LogP contribution < -0.4 is 15.4 Å². The maximum atomic E-state index is 13.0. The zero-order valence-corrected chi connectivity index (χ0v) is 14.3. The van der Waals surface area contributed by atoms with Gasteiger partial charge in [-0.2, -0.15) is 0 Å². The van der Waals surface area contributed by atoms with E-state index in [0.717, 1.165) is 0 Å². The lowest BCUT2D eigenvalue weighted by molar-refractivity contribution is 0.102. The number of ether oxygens (including phenoxy) is 1. The zero-order valence-electron chi connectivity index (χ0n) is 14.3. The largest absolute Gasteiger partial charge is 0.495 e. The first kappa shape index (κ1) is 17.3. The van der Waals surface area contributed by atoms with Gasteiger partial charge in [-0.15, -0.1) is 0 Å². The third-order valence-corrected chi connectivity index (χ3v) is 3.54. The molecule has 26 heavy (non-hydrogen) atoms. The maximum Gasteiger partial charge on any atom is 0.274 e. The Labute approximate surface area is 150 Å². The number of amides is 1. The van der Waals surface area contributed by atoms with Crippen molar-refractivity contribution in [3.05, 3.63) is 71.8 Å². The molecule has 3 aromatic rings. The molecule has 1 aromatic heterocycles. The van der Waals surface area contributed by atoms with Gasteiger partial charge in [-0.25, -0.2) is 14.4 Å². The average Bonchev–Trinajstić information content (AvgIpc) is 2.63. The molecule has 0 saturated heterocycles. The number of nitrogens with zero attached hydrogens (tertiary/aromatic N) is 2. The molecule has 132 valence electrons. The first-order valence-corrected chi connectivity index (χ1v) is 7.88. The van der Waals surface area contributed by atoms with Crippen LogP contribution in [0.2, 0.25) is 0 Å². The van der Waals surface area contributed by atoms with Gasteiger partial charge in [0.2, 0.25) is 5.95 Å². The van der Waals surface area contributed by atoms with Crippen LogP contribution in [0.25, 0.3) is 0 Å². The molecule has 0 aliphatic rings. The predicted octanol–water partition coefficient (Wildman–Crippen LogP) is 3.93. The molecule has 1 heterocycles. The van der Waals surface area contributed by atoms with Crippen molar-refractivity contribution in [2.24, 2.45) is 0 Å². The third kappa shape index (κ3) is 4.13. The summed E-state index contributed by atoms with van der Waals surface area (Å²) in [6, 6.07) is 14.5. The van der Waals surface area contributed by atoms with E-state index in [1.165, 1.54) is 19.2 Å². The van der Waals surface area contributed by atoms with Gasteiger partial charge in [-0.3, -0.25) is 4.79 Å². The molecule has 7 heteroatoms. The molecule has 0 aliphatic carbocycles. The fraction of sp³-hybridized carbons (Fsp3) is 0.105. The molecule has 0 radical (unpaired) electrons. The second-order valence-electron chi connectivity index (χ2n) is 5.50. The summed E-state index contributed by atoms with van der Waals surface area (Å²) in [5.41, 5.74) is 1.99. The van der Waals surface area contributed by atoms with E-state index in [1.807, 2.05) is 6.07 Å². The van der Waals surface area contributed by atoms with Crippen LogP contribution >= 0.6 is 0 Å². The first-order chi connectivity index (χ1) is 12.5. The van der Waals surface area contributed by atoms with Gasteiger partial charge in [0.15, 0.2) is 0 Å². The van der Waals surface area contributed by atoms with Gasteiger partial charge in [0, 0.05) is 11.4 Å². The quantitative estimate of drug-likeness (QED) is 0.728. The van der Waals surface area contributed by atoms with Gasteiger partial charge >= 0.3 is 0 Å². The minimum absolute atomic E-state index is 0.202. The molecule has 0 aliphatic heterocycles. The highest BCUT2D eigenvalue weighted by Gasteiger charge is 2.13. The zero-order chi connectivity index (χ0) is 18.5. The van der Waals surface area contributed by atoms with Crippen molar-refractivity contribution in [2.45, 2.75) is 6.92 Å². The average molecular weight is 352 g/mol. The summed E-state index contributed by atoms with van der Waals surface area (Å²) in [4.78, 5) is 21.0. The normalized spacial score (nSPS) is 10.3. The van der Waals surface area contributed by atoms with Gasteiger partial charge in [-0.05, 0) is 49.4 Å². The Balaban J connectivity index is 1.82. The van der Waals surface area contributed by atoms with Crippen molar-refractivity contribution < 1.29 is 13.9 Å². The van der Waals surface area contributed by atoms with Gasteiger partial charge in [-0.1, -0.05) is 12.1 Å². The minimum atomic E-state index is -0.387. The Morgan fingerprint density at radius 2 is 1.81 bits per heavy atom. The van der Waals surface area contributed by atoms with Crippen LogP contribution in [0.4, 0.5) is 21.7 Å². The number of halogens is 1. The van der Waals surface area contributed by atoms with Crippen LogP contribution in [-0.2, 0) is 0 Å². The number of anilines is 3. The second-order valence-corrected chi connectivity index (χ2v) is 5.50.